The van der Waals surface area contributed by atoms with Crippen LogP contribution in [0.25, 0.3) is 0 Å². The van der Waals surface area contributed by atoms with E-state index in [0.717, 1.165) is 25.1 Å². The summed E-state index contributed by atoms with van der Waals surface area (Å²) < 4.78 is 0. The molecule has 0 radical (unpaired) electrons. The summed E-state index contributed by atoms with van der Waals surface area (Å²) >= 11 is 5.84. The predicted molar refractivity (Wildman–Crippen MR) is 74.5 cm³/mol. The molecule has 0 aliphatic carbocycles. The van der Waals surface area contributed by atoms with Gasteiger partial charge in [-0.05, 0) is 30.5 Å². The molecule has 0 aliphatic rings. The number of nitrogens with zero attached hydrogens (tertiary/aromatic N) is 1. The number of pyridine rings is 1. The fourth-order valence-corrected chi connectivity index (χ4v) is 1.85. The molecule has 1 rings (SSSR count). The molecule has 1 heterocycles. The average Bonchev–Trinajstić information content (AvgIpc) is 2.25. The van der Waals surface area contributed by atoms with Crippen molar-refractivity contribution in [2.45, 2.75) is 46.6 Å². The third kappa shape index (κ3) is 5.05. The molecular weight excluding hydrogens is 232 g/mol. The van der Waals surface area contributed by atoms with Crippen molar-refractivity contribution in [3.63, 3.8) is 0 Å². The van der Waals surface area contributed by atoms with E-state index in [2.05, 4.69) is 38.0 Å². The fourth-order valence-electron chi connectivity index (χ4n) is 1.74. The van der Waals surface area contributed by atoms with Crippen molar-refractivity contribution in [2.75, 3.05) is 6.54 Å². The van der Waals surface area contributed by atoms with E-state index in [4.69, 9.17) is 11.6 Å². The van der Waals surface area contributed by atoms with Gasteiger partial charge < -0.3 is 5.32 Å². The monoisotopic (exact) mass is 254 g/mol. The Bertz CT molecular complexity index is 327. The molecule has 96 valence electrons. The molecular formula is C14H23ClN2. The van der Waals surface area contributed by atoms with E-state index in [9.17, 15) is 0 Å². The van der Waals surface area contributed by atoms with Crippen molar-refractivity contribution >= 4 is 11.6 Å². The Kier molecular flexibility index (Phi) is 5.41. The Morgan fingerprint density at radius 3 is 2.53 bits per heavy atom. The number of rotatable bonds is 5. The van der Waals surface area contributed by atoms with Gasteiger partial charge in [0.1, 0.15) is 0 Å². The van der Waals surface area contributed by atoms with Crippen LogP contribution in [0, 0.1) is 5.41 Å². The van der Waals surface area contributed by atoms with Crippen LogP contribution in [0.3, 0.4) is 0 Å². The molecule has 1 N–H and O–H groups in total. The van der Waals surface area contributed by atoms with E-state index in [1.54, 1.807) is 6.20 Å². The Morgan fingerprint density at radius 1 is 1.35 bits per heavy atom. The molecule has 1 aromatic rings. The van der Waals surface area contributed by atoms with Crippen molar-refractivity contribution in [2.24, 2.45) is 5.41 Å². The summed E-state index contributed by atoms with van der Waals surface area (Å²) in [6.45, 7) is 10.0. The summed E-state index contributed by atoms with van der Waals surface area (Å²) in [6.07, 6.45) is 3.82. The molecule has 0 aromatic carbocycles. The highest BCUT2D eigenvalue weighted by Gasteiger charge is 2.24. The maximum absolute atomic E-state index is 5.84. The van der Waals surface area contributed by atoms with Gasteiger partial charge in [-0.15, -0.1) is 0 Å². The Balaban J connectivity index is 2.68. The van der Waals surface area contributed by atoms with Crippen LogP contribution in [-0.2, 0) is 6.42 Å². The largest absolute Gasteiger partial charge is 0.313 e. The lowest BCUT2D eigenvalue weighted by atomic mass is 9.84. The number of halogens is 1. The Labute approximate surface area is 110 Å². The van der Waals surface area contributed by atoms with Crippen molar-refractivity contribution in [3.8, 4) is 0 Å². The van der Waals surface area contributed by atoms with E-state index in [-0.39, 0.29) is 5.41 Å². The molecule has 2 nitrogen and oxygen atoms in total. The fraction of sp³-hybridized carbons (Fsp3) is 0.643. The van der Waals surface area contributed by atoms with Crippen LogP contribution in [0.15, 0.2) is 18.3 Å². The van der Waals surface area contributed by atoms with Crippen molar-refractivity contribution in [1.29, 1.82) is 0 Å². The van der Waals surface area contributed by atoms with E-state index in [0.29, 0.717) is 11.1 Å². The smallest absolute Gasteiger partial charge is 0.0589 e. The minimum Gasteiger partial charge on any atom is -0.313 e. The predicted octanol–water partition coefficient (Wildman–Crippen LogP) is 3.69. The van der Waals surface area contributed by atoms with Crippen LogP contribution in [0.5, 0.6) is 0 Å². The van der Waals surface area contributed by atoms with Crippen LogP contribution in [0.2, 0.25) is 5.02 Å². The van der Waals surface area contributed by atoms with Gasteiger partial charge in [-0.3, -0.25) is 4.98 Å². The zero-order valence-corrected chi connectivity index (χ0v) is 12.0. The van der Waals surface area contributed by atoms with Crippen LogP contribution in [0.1, 0.15) is 39.8 Å². The first kappa shape index (κ1) is 14.5. The van der Waals surface area contributed by atoms with Gasteiger partial charge in [0.15, 0.2) is 0 Å². The molecule has 0 bridgehead atoms. The first-order chi connectivity index (χ1) is 7.93. The summed E-state index contributed by atoms with van der Waals surface area (Å²) in [5.74, 6) is 0. The molecule has 0 aliphatic heterocycles. The summed E-state index contributed by atoms with van der Waals surface area (Å²) in [4.78, 5) is 4.37. The third-order valence-corrected chi connectivity index (χ3v) is 3.11. The standard InChI is InChI=1S/C14H23ClN2/c1-5-8-16-13(14(2,3)4)9-12-7-6-11(15)10-17-12/h6-7,10,13,16H,5,8-9H2,1-4H3. The highest BCUT2D eigenvalue weighted by Crippen LogP contribution is 2.22. The SMILES string of the molecule is CCCNC(Cc1ccc(Cl)cn1)C(C)(C)C. The van der Waals surface area contributed by atoms with Gasteiger partial charge in [0, 0.05) is 24.4 Å². The lowest BCUT2D eigenvalue weighted by Gasteiger charge is -2.31. The van der Waals surface area contributed by atoms with Crippen LogP contribution >= 0.6 is 11.6 Å². The molecule has 0 saturated heterocycles. The number of nitrogens with one attached hydrogen (secondary N) is 1. The highest BCUT2D eigenvalue weighted by molar-refractivity contribution is 6.30. The van der Waals surface area contributed by atoms with Gasteiger partial charge in [-0.25, -0.2) is 0 Å². The first-order valence-corrected chi connectivity index (χ1v) is 6.65. The second-order valence-electron chi connectivity index (χ2n) is 5.54. The van der Waals surface area contributed by atoms with E-state index in [1.807, 2.05) is 12.1 Å². The molecule has 17 heavy (non-hydrogen) atoms. The van der Waals surface area contributed by atoms with Gasteiger partial charge in [0.05, 0.1) is 5.02 Å². The molecule has 0 spiro atoms. The lowest BCUT2D eigenvalue weighted by Crippen LogP contribution is -2.42. The maximum atomic E-state index is 5.84. The van der Waals surface area contributed by atoms with E-state index >= 15 is 0 Å². The zero-order chi connectivity index (χ0) is 12.9. The van der Waals surface area contributed by atoms with Crippen molar-refractivity contribution in [3.05, 3.63) is 29.0 Å². The van der Waals surface area contributed by atoms with Crippen molar-refractivity contribution in [1.82, 2.24) is 10.3 Å². The minimum absolute atomic E-state index is 0.233. The average molecular weight is 255 g/mol. The molecule has 1 unspecified atom stereocenters. The number of aromatic nitrogens is 1. The lowest BCUT2D eigenvalue weighted by molar-refractivity contribution is 0.265. The Hall–Kier alpha value is -0.600. The van der Waals surface area contributed by atoms with Crippen molar-refractivity contribution < 1.29 is 0 Å². The van der Waals surface area contributed by atoms with Crippen LogP contribution in [-0.4, -0.2) is 17.6 Å². The minimum atomic E-state index is 0.233. The maximum Gasteiger partial charge on any atom is 0.0589 e. The summed E-state index contributed by atoms with van der Waals surface area (Å²) in [7, 11) is 0. The molecule has 1 aromatic heterocycles. The van der Waals surface area contributed by atoms with Gasteiger partial charge in [0.25, 0.3) is 0 Å². The van der Waals surface area contributed by atoms with E-state index in [1.165, 1.54) is 0 Å². The second kappa shape index (κ2) is 6.36. The molecule has 3 heteroatoms. The summed E-state index contributed by atoms with van der Waals surface area (Å²) in [6, 6.07) is 4.36. The molecule has 0 fully saturated rings. The second-order valence-corrected chi connectivity index (χ2v) is 5.98. The molecule has 0 saturated carbocycles. The third-order valence-electron chi connectivity index (χ3n) is 2.89. The first-order valence-electron chi connectivity index (χ1n) is 6.27. The normalized spacial score (nSPS) is 13.7. The highest BCUT2D eigenvalue weighted by atomic mass is 35.5. The van der Waals surface area contributed by atoms with Gasteiger partial charge in [-0.1, -0.05) is 39.3 Å². The van der Waals surface area contributed by atoms with Crippen LogP contribution < -0.4 is 5.32 Å². The van der Waals surface area contributed by atoms with Crippen LogP contribution in [0.4, 0.5) is 0 Å². The zero-order valence-electron chi connectivity index (χ0n) is 11.3. The van der Waals surface area contributed by atoms with Gasteiger partial charge >= 0.3 is 0 Å². The number of hydrogen-bond donors (Lipinski definition) is 1. The quantitative estimate of drug-likeness (QED) is 0.867. The topological polar surface area (TPSA) is 24.9 Å². The molecule has 0 amide bonds. The van der Waals surface area contributed by atoms with Gasteiger partial charge in [0.2, 0.25) is 0 Å². The van der Waals surface area contributed by atoms with E-state index < -0.39 is 0 Å². The summed E-state index contributed by atoms with van der Waals surface area (Å²) in [5, 5.41) is 4.30. The number of hydrogen-bond acceptors (Lipinski definition) is 2. The Morgan fingerprint density at radius 2 is 2.06 bits per heavy atom. The molecule has 1 atom stereocenters. The summed E-state index contributed by atoms with van der Waals surface area (Å²) in [5.41, 5.74) is 1.33. The van der Waals surface area contributed by atoms with Gasteiger partial charge in [-0.2, -0.15) is 0 Å².